The molecular formula is C39H25N3S. The predicted octanol–water partition coefficient (Wildman–Crippen LogP) is 10.6. The molecule has 0 saturated carbocycles. The molecule has 43 heavy (non-hydrogen) atoms. The summed E-state index contributed by atoms with van der Waals surface area (Å²) in [5.74, 6) is 0.697. The molecule has 202 valence electrons. The Balaban J connectivity index is 1.34. The standard InChI is InChI=1S/C39H25N3S/c1-3-9-26(10-4-1)30-21-31(29-15-16-34-33-13-7-8-14-37(33)43-38(34)24-29)23-32(22-30)36-25-35(27-17-19-40-20-18-27)41-39(42-36)28-11-5-2-6-12-28/h1-25H. The zero-order chi connectivity index (χ0) is 28.6. The van der Waals surface area contributed by atoms with Gasteiger partial charge in [0.1, 0.15) is 0 Å². The average molecular weight is 568 g/mol. The van der Waals surface area contributed by atoms with Crippen molar-refractivity contribution in [3.63, 3.8) is 0 Å². The summed E-state index contributed by atoms with van der Waals surface area (Å²) in [4.78, 5) is 14.3. The highest BCUT2D eigenvalue weighted by atomic mass is 32.1. The minimum absolute atomic E-state index is 0.697. The monoisotopic (exact) mass is 567 g/mol. The van der Waals surface area contributed by atoms with Crippen molar-refractivity contribution in [2.24, 2.45) is 0 Å². The van der Waals surface area contributed by atoms with Gasteiger partial charge in [-0.05, 0) is 70.8 Å². The topological polar surface area (TPSA) is 38.7 Å². The molecule has 0 radical (unpaired) electrons. The van der Waals surface area contributed by atoms with Gasteiger partial charge in [0, 0.05) is 49.3 Å². The Bertz CT molecular complexity index is 2170. The van der Waals surface area contributed by atoms with Crippen molar-refractivity contribution in [1.29, 1.82) is 0 Å². The Morgan fingerprint density at radius 3 is 1.74 bits per heavy atom. The molecule has 0 aliphatic rings. The van der Waals surface area contributed by atoms with Gasteiger partial charge in [-0.2, -0.15) is 0 Å². The summed E-state index contributed by atoms with van der Waals surface area (Å²) in [5, 5.41) is 2.61. The Kier molecular flexibility index (Phi) is 6.32. The van der Waals surface area contributed by atoms with Gasteiger partial charge in [-0.15, -0.1) is 11.3 Å². The Hall–Kier alpha value is -5.45. The molecule has 5 aromatic carbocycles. The molecular weight excluding hydrogens is 543 g/mol. The lowest BCUT2D eigenvalue weighted by Crippen LogP contribution is -1.96. The fraction of sp³-hybridized carbons (Fsp3) is 0. The highest BCUT2D eigenvalue weighted by Gasteiger charge is 2.14. The van der Waals surface area contributed by atoms with Crippen molar-refractivity contribution in [3.8, 4) is 56.2 Å². The molecule has 3 heterocycles. The second kappa shape index (κ2) is 10.8. The van der Waals surface area contributed by atoms with Crippen LogP contribution in [0.4, 0.5) is 0 Å². The maximum absolute atomic E-state index is 5.12. The van der Waals surface area contributed by atoms with E-state index >= 15 is 0 Å². The van der Waals surface area contributed by atoms with Crippen LogP contribution < -0.4 is 0 Å². The molecule has 8 rings (SSSR count). The zero-order valence-corrected chi connectivity index (χ0v) is 24.0. The first-order chi connectivity index (χ1) is 21.3. The van der Waals surface area contributed by atoms with Crippen LogP contribution in [0.15, 0.2) is 152 Å². The van der Waals surface area contributed by atoms with Crippen molar-refractivity contribution in [1.82, 2.24) is 15.0 Å². The second-order valence-electron chi connectivity index (χ2n) is 10.5. The molecule has 3 nitrogen and oxygen atoms in total. The van der Waals surface area contributed by atoms with Gasteiger partial charge in [0.05, 0.1) is 11.4 Å². The molecule has 8 aromatic rings. The third-order valence-corrected chi connectivity index (χ3v) is 8.92. The minimum Gasteiger partial charge on any atom is -0.265 e. The summed E-state index contributed by atoms with van der Waals surface area (Å²) in [7, 11) is 0. The van der Waals surface area contributed by atoms with Crippen molar-refractivity contribution >= 4 is 31.5 Å². The number of rotatable bonds is 5. The molecule has 0 bridgehead atoms. The van der Waals surface area contributed by atoms with Crippen LogP contribution in [-0.2, 0) is 0 Å². The number of fused-ring (bicyclic) bond motifs is 3. The molecule has 0 aliphatic heterocycles. The van der Waals surface area contributed by atoms with Crippen LogP contribution in [0.3, 0.4) is 0 Å². The molecule has 4 heteroatoms. The van der Waals surface area contributed by atoms with E-state index in [-0.39, 0.29) is 0 Å². The van der Waals surface area contributed by atoms with Crippen molar-refractivity contribution in [2.75, 3.05) is 0 Å². The lowest BCUT2D eigenvalue weighted by molar-refractivity contribution is 1.18. The van der Waals surface area contributed by atoms with Gasteiger partial charge < -0.3 is 0 Å². The number of hydrogen-bond donors (Lipinski definition) is 0. The highest BCUT2D eigenvalue weighted by molar-refractivity contribution is 7.25. The van der Waals surface area contributed by atoms with E-state index in [9.17, 15) is 0 Å². The van der Waals surface area contributed by atoms with Gasteiger partial charge in [-0.3, -0.25) is 4.98 Å². The highest BCUT2D eigenvalue weighted by Crippen LogP contribution is 2.39. The first kappa shape index (κ1) is 25.3. The third kappa shape index (κ3) is 4.88. The van der Waals surface area contributed by atoms with E-state index in [0.717, 1.165) is 39.2 Å². The average Bonchev–Trinajstić information content (AvgIpc) is 3.47. The molecule has 0 unspecified atom stereocenters. The first-order valence-electron chi connectivity index (χ1n) is 14.3. The Labute approximate surface area is 253 Å². The predicted molar refractivity (Wildman–Crippen MR) is 180 cm³/mol. The summed E-state index contributed by atoms with van der Waals surface area (Å²) < 4.78 is 2.60. The molecule has 0 N–H and O–H groups in total. The molecule has 0 atom stereocenters. The van der Waals surface area contributed by atoms with Gasteiger partial charge in [-0.25, -0.2) is 9.97 Å². The van der Waals surface area contributed by atoms with Crippen LogP contribution in [0.25, 0.3) is 76.3 Å². The molecule has 3 aromatic heterocycles. The van der Waals surface area contributed by atoms with E-state index in [2.05, 4.69) is 114 Å². The fourth-order valence-electron chi connectivity index (χ4n) is 5.63. The first-order valence-corrected chi connectivity index (χ1v) is 15.1. The number of aromatic nitrogens is 3. The van der Waals surface area contributed by atoms with Crippen LogP contribution in [0, 0.1) is 0 Å². The van der Waals surface area contributed by atoms with E-state index in [1.165, 1.54) is 31.3 Å². The van der Waals surface area contributed by atoms with E-state index in [1.807, 2.05) is 41.7 Å². The summed E-state index contributed by atoms with van der Waals surface area (Å²) in [5.41, 5.74) is 9.43. The number of nitrogens with zero attached hydrogens (tertiary/aromatic N) is 3. The van der Waals surface area contributed by atoms with Crippen LogP contribution in [0.5, 0.6) is 0 Å². The Morgan fingerprint density at radius 2 is 0.977 bits per heavy atom. The third-order valence-electron chi connectivity index (χ3n) is 7.78. The maximum Gasteiger partial charge on any atom is 0.160 e. The SMILES string of the molecule is c1ccc(-c2cc(-c3ccc4c(c3)sc3ccccc34)cc(-c3cc(-c4ccncc4)nc(-c4ccccc4)n3)c2)cc1. The lowest BCUT2D eigenvalue weighted by atomic mass is 9.94. The number of hydrogen-bond acceptors (Lipinski definition) is 4. The molecule has 0 fully saturated rings. The second-order valence-corrected chi connectivity index (χ2v) is 11.6. The van der Waals surface area contributed by atoms with E-state index < -0.39 is 0 Å². The van der Waals surface area contributed by atoms with Gasteiger partial charge in [0.2, 0.25) is 0 Å². The van der Waals surface area contributed by atoms with Crippen molar-refractivity contribution in [2.45, 2.75) is 0 Å². The summed E-state index contributed by atoms with van der Waals surface area (Å²) in [6.07, 6.45) is 3.61. The van der Waals surface area contributed by atoms with Crippen LogP contribution in [0.2, 0.25) is 0 Å². The molecule has 0 aliphatic carbocycles. The largest absolute Gasteiger partial charge is 0.265 e. The maximum atomic E-state index is 5.12. The van der Waals surface area contributed by atoms with Gasteiger partial charge in [-0.1, -0.05) is 91.0 Å². The van der Waals surface area contributed by atoms with Gasteiger partial charge in [0.15, 0.2) is 5.82 Å². The number of thiophene rings is 1. The number of benzene rings is 5. The van der Waals surface area contributed by atoms with E-state index in [0.29, 0.717) is 5.82 Å². The van der Waals surface area contributed by atoms with Crippen LogP contribution in [-0.4, -0.2) is 15.0 Å². The lowest BCUT2D eigenvalue weighted by Gasteiger charge is -2.13. The Morgan fingerprint density at radius 1 is 0.372 bits per heavy atom. The zero-order valence-electron chi connectivity index (χ0n) is 23.2. The van der Waals surface area contributed by atoms with Crippen LogP contribution >= 0.6 is 11.3 Å². The summed E-state index contributed by atoms with van der Waals surface area (Å²) in [6.45, 7) is 0. The van der Waals surface area contributed by atoms with Gasteiger partial charge >= 0.3 is 0 Å². The summed E-state index contributed by atoms with van der Waals surface area (Å²) in [6, 6.07) is 49.1. The quantitative estimate of drug-likeness (QED) is 0.208. The molecule has 0 saturated heterocycles. The number of pyridine rings is 1. The van der Waals surface area contributed by atoms with Crippen molar-refractivity contribution < 1.29 is 0 Å². The van der Waals surface area contributed by atoms with Crippen molar-refractivity contribution in [3.05, 3.63) is 152 Å². The molecule has 0 spiro atoms. The fourth-order valence-corrected chi connectivity index (χ4v) is 6.77. The van der Waals surface area contributed by atoms with E-state index in [1.54, 1.807) is 12.4 Å². The minimum atomic E-state index is 0.697. The van der Waals surface area contributed by atoms with E-state index in [4.69, 9.17) is 9.97 Å². The van der Waals surface area contributed by atoms with Gasteiger partial charge in [0.25, 0.3) is 0 Å². The summed E-state index contributed by atoms with van der Waals surface area (Å²) >= 11 is 1.85. The van der Waals surface area contributed by atoms with Crippen LogP contribution in [0.1, 0.15) is 0 Å². The smallest absolute Gasteiger partial charge is 0.160 e. The normalized spacial score (nSPS) is 11.3. The molecule has 0 amide bonds.